The van der Waals surface area contributed by atoms with Crippen LogP contribution in [0.15, 0.2) is 42.9 Å². The van der Waals surface area contributed by atoms with Gasteiger partial charge in [0.15, 0.2) is 0 Å². The Morgan fingerprint density at radius 1 is 1.25 bits per heavy atom. The topological polar surface area (TPSA) is 50.4 Å². The van der Waals surface area contributed by atoms with E-state index in [4.69, 9.17) is 11.6 Å². The molecule has 102 valence electrons. The zero-order chi connectivity index (χ0) is 14.1. The standard InChI is InChI=1S/C15H14ClN3O/c1-2-12(20)15-14(10-5-7-17-8-6-10)18-13-4-3-11(16)9-19(13)15/h3-9,12,20H,2H2,1H3. The predicted octanol–water partition coefficient (Wildman–Crippen LogP) is 3.49. The van der Waals surface area contributed by atoms with Gasteiger partial charge in [-0.15, -0.1) is 0 Å². The van der Waals surface area contributed by atoms with E-state index in [0.29, 0.717) is 11.4 Å². The van der Waals surface area contributed by atoms with Crippen LogP contribution in [0.3, 0.4) is 0 Å². The molecule has 3 aromatic heterocycles. The van der Waals surface area contributed by atoms with Gasteiger partial charge in [0.2, 0.25) is 0 Å². The lowest BCUT2D eigenvalue weighted by Crippen LogP contribution is -2.02. The van der Waals surface area contributed by atoms with E-state index in [2.05, 4.69) is 9.97 Å². The van der Waals surface area contributed by atoms with Crippen molar-refractivity contribution in [3.63, 3.8) is 0 Å². The molecule has 4 nitrogen and oxygen atoms in total. The largest absolute Gasteiger partial charge is 0.387 e. The maximum Gasteiger partial charge on any atom is 0.137 e. The first-order valence-electron chi connectivity index (χ1n) is 6.46. The molecule has 0 amide bonds. The number of aliphatic hydroxyl groups excluding tert-OH is 1. The second kappa shape index (κ2) is 5.23. The average Bonchev–Trinajstić information content (AvgIpc) is 2.86. The van der Waals surface area contributed by atoms with E-state index in [1.54, 1.807) is 24.7 Å². The van der Waals surface area contributed by atoms with Gasteiger partial charge < -0.3 is 5.11 Å². The second-order valence-electron chi connectivity index (χ2n) is 4.58. The Bertz CT molecular complexity index is 739. The second-order valence-corrected chi connectivity index (χ2v) is 5.02. The lowest BCUT2D eigenvalue weighted by Gasteiger charge is -2.10. The molecule has 1 N–H and O–H groups in total. The normalized spacial score (nSPS) is 12.8. The monoisotopic (exact) mass is 287 g/mol. The molecule has 0 spiro atoms. The minimum atomic E-state index is -0.591. The van der Waals surface area contributed by atoms with Crippen LogP contribution in [0.5, 0.6) is 0 Å². The molecule has 3 aromatic rings. The summed E-state index contributed by atoms with van der Waals surface area (Å²) >= 11 is 6.05. The highest BCUT2D eigenvalue weighted by Crippen LogP contribution is 2.30. The van der Waals surface area contributed by atoms with Crippen LogP contribution in [0.2, 0.25) is 5.02 Å². The van der Waals surface area contributed by atoms with E-state index in [1.165, 1.54) is 0 Å². The minimum absolute atomic E-state index is 0.591. The van der Waals surface area contributed by atoms with Crippen molar-refractivity contribution in [2.24, 2.45) is 0 Å². The van der Waals surface area contributed by atoms with Gasteiger partial charge in [-0.3, -0.25) is 9.38 Å². The molecule has 5 heteroatoms. The predicted molar refractivity (Wildman–Crippen MR) is 78.7 cm³/mol. The van der Waals surface area contributed by atoms with E-state index < -0.39 is 6.10 Å². The van der Waals surface area contributed by atoms with Gasteiger partial charge in [-0.1, -0.05) is 18.5 Å². The summed E-state index contributed by atoms with van der Waals surface area (Å²) in [5.41, 5.74) is 3.23. The van der Waals surface area contributed by atoms with Crippen LogP contribution in [-0.2, 0) is 0 Å². The van der Waals surface area contributed by atoms with Crippen molar-refractivity contribution in [1.82, 2.24) is 14.4 Å². The molecule has 0 aliphatic carbocycles. The Labute approximate surface area is 121 Å². The molecule has 1 unspecified atom stereocenters. The van der Waals surface area contributed by atoms with E-state index in [0.717, 1.165) is 22.6 Å². The van der Waals surface area contributed by atoms with Crippen molar-refractivity contribution in [1.29, 1.82) is 0 Å². The van der Waals surface area contributed by atoms with Gasteiger partial charge in [0.25, 0.3) is 0 Å². The van der Waals surface area contributed by atoms with Gasteiger partial charge in [0, 0.05) is 24.2 Å². The first kappa shape index (κ1) is 13.1. The molecule has 0 bridgehead atoms. The number of hydrogen-bond donors (Lipinski definition) is 1. The molecule has 3 heterocycles. The fraction of sp³-hybridized carbons (Fsp3) is 0.200. The quantitative estimate of drug-likeness (QED) is 0.802. The van der Waals surface area contributed by atoms with E-state index in [-0.39, 0.29) is 0 Å². The van der Waals surface area contributed by atoms with Crippen molar-refractivity contribution < 1.29 is 5.11 Å². The summed E-state index contributed by atoms with van der Waals surface area (Å²) in [4.78, 5) is 8.63. The van der Waals surface area contributed by atoms with Crippen LogP contribution in [0, 0.1) is 0 Å². The Balaban J connectivity index is 2.31. The van der Waals surface area contributed by atoms with Gasteiger partial charge >= 0.3 is 0 Å². The van der Waals surface area contributed by atoms with E-state index >= 15 is 0 Å². The Morgan fingerprint density at radius 3 is 2.70 bits per heavy atom. The molecular weight excluding hydrogens is 274 g/mol. The van der Waals surface area contributed by atoms with Crippen molar-refractivity contribution in [2.75, 3.05) is 0 Å². The summed E-state index contributed by atoms with van der Waals surface area (Å²) in [6, 6.07) is 7.41. The third-order valence-corrected chi connectivity index (χ3v) is 3.50. The summed E-state index contributed by atoms with van der Waals surface area (Å²) in [6.45, 7) is 1.94. The molecule has 0 saturated heterocycles. The van der Waals surface area contributed by atoms with Gasteiger partial charge in [0.05, 0.1) is 22.5 Å². The van der Waals surface area contributed by atoms with Crippen molar-refractivity contribution >= 4 is 17.2 Å². The lowest BCUT2D eigenvalue weighted by molar-refractivity contribution is 0.168. The molecule has 0 aromatic carbocycles. The number of halogens is 1. The lowest BCUT2D eigenvalue weighted by atomic mass is 10.1. The number of rotatable bonds is 3. The highest BCUT2D eigenvalue weighted by atomic mass is 35.5. The Kier molecular flexibility index (Phi) is 3.42. The number of aliphatic hydroxyl groups is 1. The van der Waals surface area contributed by atoms with Gasteiger partial charge in [-0.2, -0.15) is 0 Å². The number of imidazole rings is 1. The SMILES string of the molecule is CCC(O)c1c(-c2ccncc2)nc2ccc(Cl)cn12. The molecule has 3 rings (SSSR count). The highest BCUT2D eigenvalue weighted by molar-refractivity contribution is 6.30. The van der Waals surface area contributed by atoms with Gasteiger partial charge in [-0.25, -0.2) is 4.98 Å². The fourth-order valence-corrected chi connectivity index (χ4v) is 2.43. The summed E-state index contributed by atoms with van der Waals surface area (Å²) in [5.74, 6) is 0. The molecule has 0 aliphatic heterocycles. The fourth-order valence-electron chi connectivity index (χ4n) is 2.27. The summed E-state index contributed by atoms with van der Waals surface area (Å²) in [6.07, 6.45) is 5.23. The molecule has 0 aliphatic rings. The van der Waals surface area contributed by atoms with Crippen LogP contribution >= 0.6 is 11.6 Å². The average molecular weight is 288 g/mol. The van der Waals surface area contributed by atoms with Crippen LogP contribution in [0.25, 0.3) is 16.9 Å². The highest BCUT2D eigenvalue weighted by Gasteiger charge is 2.19. The van der Waals surface area contributed by atoms with E-state index in [9.17, 15) is 5.11 Å². The van der Waals surface area contributed by atoms with Gasteiger partial charge in [0.1, 0.15) is 5.65 Å². The number of pyridine rings is 2. The van der Waals surface area contributed by atoms with Crippen LogP contribution in [0.1, 0.15) is 25.1 Å². The first-order chi connectivity index (χ1) is 9.70. The maximum atomic E-state index is 10.3. The zero-order valence-corrected chi connectivity index (χ0v) is 11.7. The summed E-state index contributed by atoms with van der Waals surface area (Å²) < 4.78 is 1.85. The van der Waals surface area contributed by atoms with Crippen molar-refractivity contribution in [3.8, 4) is 11.3 Å². The number of nitrogens with zero attached hydrogens (tertiary/aromatic N) is 3. The van der Waals surface area contributed by atoms with Crippen LogP contribution in [-0.4, -0.2) is 19.5 Å². The third-order valence-electron chi connectivity index (χ3n) is 3.28. The smallest absolute Gasteiger partial charge is 0.137 e. The summed E-state index contributed by atoms with van der Waals surface area (Å²) in [7, 11) is 0. The zero-order valence-electron chi connectivity index (χ0n) is 11.0. The number of hydrogen-bond acceptors (Lipinski definition) is 3. The summed E-state index contributed by atoms with van der Waals surface area (Å²) in [5, 5.41) is 10.9. The molecule has 0 fully saturated rings. The first-order valence-corrected chi connectivity index (χ1v) is 6.84. The minimum Gasteiger partial charge on any atom is -0.387 e. The molecule has 0 radical (unpaired) electrons. The van der Waals surface area contributed by atoms with Crippen molar-refractivity contribution in [3.05, 3.63) is 53.6 Å². The maximum absolute atomic E-state index is 10.3. The molecule has 0 saturated carbocycles. The third kappa shape index (κ3) is 2.17. The number of aromatic nitrogens is 3. The number of fused-ring (bicyclic) bond motifs is 1. The molecule has 1 atom stereocenters. The molecular formula is C15H14ClN3O. The van der Waals surface area contributed by atoms with Crippen LogP contribution < -0.4 is 0 Å². The van der Waals surface area contributed by atoms with E-state index in [1.807, 2.05) is 29.5 Å². The Morgan fingerprint density at radius 2 is 2.00 bits per heavy atom. The van der Waals surface area contributed by atoms with Crippen LogP contribution in [0.4, 0.5) is 0 Å². The Hall–Kier alpha value is -1.91. The van der Waals surface area contributed by atoms with Gasteiger partial charge in [-0.05, 0) is 30.7 Å². The van der Waals surface area contributed by atoms with Crippen molar-refractivity contribution in [2.45, 2.75) is 19.4 Å². The molecule has 20 heavy (non-hydrogen) atoms.